The largest absolute Gasteiger partial charge is 0.399 e. The lowest BCUT2D eigenvalue weighted by atomic mass is 10.0. The zero-order chi connectivity index (χ0) is 16.0. The van der Waals surface area contributed by atoms with Crippen molar-refractivity contribution in [2.75, 3.05) is 17.7 Å². The predicted octanol–water partition coefficient (Wildman–Crippen LogP) is 4.92. The van der Waals surface area contributed by atoms with Gasteiger partial charge in [0.15, 0.2) is 0 Å². The number of aryl methyl sites for hydroxylation is 1. The molecule has 2 nitrogen and oxygen atoms in total. The van der Waals surface area contributed by atoms with E-state index in [4.69, 9.17) is 5.73 Å². The summed E-state index contributed by atoms with van der Waals surface area (Å²) in [6, 6.07) is 21.6. The van der Waals surface area contributed by atoms with Crippen LogP contribution < -0.4 is 10.6 Å². The molecule has 0 unspecified atom stereocenters. The molecule has 0 bridgehead atoms. The summed E-state index contributed by atoms with van der Waals surface area (Å²) in [6.45, 7) is 2.11. The summed E-state index contributed by atoms with van der Waals surface area (Å²) in [7, 11) is 2.12. The molecule has 0 saturated heterocycles. The van der Waals surface area contributed by atoms with Gasteiger partial charge in [-0.05, 0) is 72.0 Å². The van der Waals surface area contributed by atoms with E-state index in [2.05, 4.69) is 73.5 Å². The van der Waals surface area contributed by atoms with Gasteiger partial charge >= 0.3 is 0 Å². The second kappa shape index (κ2) is 5.17. The molecule has 2 heteroatoms. The molecule has 4 rings (SSSR count). The quantitative estimate of drug-likeness (QED) is 0.533. The molecule has 0 amide bonds. The summed E-state index contributed by atoms with van der Waals surface area (Å²) < 4.78 is 0. The molecule has 0 spiro atoms. The van der Waals surface area contributed by atoms with Crippen LogP contribution in [0.25, 0.3) is 11.1 Å². The zero-order valence-corrected chi connectivity index (χ0v) is 13.5. The number of rotatable bonds is 2. The van der Waals surface area contributed by atoms with E-state index in [0.717, 1.165) is 12.1 Å². The van der Waals surface area contributed by atoms with Gasteiger partial charge in [0, 0.05) is 24.1 Å². The third-order valence-electron chi connectivity index (χ3n) is 4.70. The van der Waals surface area contributed by atoms with Crippen molar-refractivity contribution in [3.8, 4) is 11.1 Å². The molecule has 23 heavy (non-hydrogen) atoms. The fraction of sp³-hybridized carbons (Fsp3) is 0.143. The van der Waals surface area contributed by atoms with Crippen LogP contribution >= 0.6 is 0 Å². The van der Waals surface area contributed by atoms with Crippen molar-refractivity contribution in [2.45, 2.75) is 13.3 Å². The van der Waals surface area contributed by atoms with Crippen molar-refractivity contribution in [1.82, 2.24) is 0 Å². The molecule has 0 radical (unpaired) electrons. The van der Waals surface area contributed by atoms with E-state index in [1.54, 1.807) is 0 Å². The molecular weight excluding hydrogens is 280 g/mol. The normalized spacial score (nSPS) is 11.9. The van der Waals surface area contributed by atoms with E-state index >= 15 is 0 Å². The van der Waals surface area contributed by atoms with Gasteiger partial charge in [0.1, 0.15) is 0 Å². The van der Waals surface area contributed by atoms with Crippen LogP contribution in [-0.4, -0.2) is 7.05 Å². The minimum atomic E-state index is 0.841. The predicted molar refractivity (Wildman–Crippen MR) is 98.3 cm³/mol. The lowest BCUT2D eigenvalue weighted by Crippen LogP contribution is -2.09. The highest BCUT2D eigenvalue weighted by Gasteiger charge is 2.19. The Morgan fingerprint density at radius 2 is 1.52 bits per heavy atom. The van der Waals surface area contributed by atoms with Gasteiger partial charge in [-0.25, -0.2) is 0 Å². The molecule has 0 aliphatic heterocycles. The molecule has 0 heterocycles. The van der Waals surface area contributed by atoms with Crippen molar-refractivity contribution in [3.05, 3.63) is 77.4 Å². The summed E-state index contributed by atoms with van der Waals surface area (Å²) in [5.74, 6) is 0. The fourth-order valence-electron chi connectivity index (χ4n) is 3.32. The highest BCUT2D eigenvalue weighted by atomic mass is 15.1. The van der Waals surface area contributed by atoms with Crippen molar-refractivity contribution in [3.63, 3.8) is 0 Å². The third-order valence-corrected chi connectivity index (χ3v) is 4.70. The number of hydrogen-bond acceptors (Lipinski definition) is 2. The van der Waals surface area contributed by atoms with E-state index < -0.39 is 0 Å². The molecule has 0 atom stereocenters. The summed E-state index contributed by atoms with van der Waals surface area (Å²) in [5, 5.41) is 0. The maximum absolute atomic E-state index is 5.92. The van der Waals surface area contributed by atoms with Crippen LogP contribution in [0.15, 0.2) is 60.7 Å². The number of anilines is 3. The number of benzene rings is 3. The minimum absolute atomic E-state index is 0.841. The molecule has 1 aliphatic rings. The SMILES string of the molecule is Cc1ccc(N(C)c2ccc3c(c2)-c2ccc(N)cc2C3)cc1. The van der Waals surface area contributed by atoms with Crippen LogP contribution in [0.5, 0.6) is 0 Å². The molecule has 0 saturated carbocycles. The molecule has 114 valence electrons. The van der Waals surface area contributed by atoms with Gasteiger partial charge in [-0.1, -0.05) is 29.8 Å². The summed E-state index contributed by atoms with van der Waals surface area (Å²) >= 11 is 0. The third kappa shape index (κ3) is 2.36. The standard InChI is InChI=1S/C21H20N2/c1-14-3-7-18(8-4-14)23(2)19-9-5-15-11-16-12-17(22)6-10-20(16)21(15)13-19/h3-10,12-13H,11,22H2,1-2H3. The van der Waals surface area contributed by atoms with Crippen LogP contribution in [0.2, 0.25) is 0 Å². The Morgan fingerprint density at radius 3 is 2.30 bits per heavy atom. The minimum Gasteiger partial charge on any atom is -0.399 e. The second-order valence-corrected chi connectivity index (χ2v) is 6.33. The molecular formula is C21H20N2. The van der Waals surface area contributed by atoms with Crippen molar-refractivity contribution < 1.29 is 0 Å². The molecule has 0 aromatic heterocycles. The number of nitrogens with zero attached hydrogens (tertiary/aromatic N) is 1. The van der Waals surface area contributed by atoms with Crippen molar-refractivity contribution in [2.24, 2.45) is 0 Å². The molecule has 3 aromatic rings. The molecule has 1 aliphatic carbocycles. The van der Waals surface area contributed by atoms with E-state index in [9.17, 15) is 0 Å². The number of nitrogens with two attached hydrogens (primary N) is 1. The fourth-order valence-corrected chi connectivity index (χ4v) is 3.32. The lowest BCUT2D eigenvalue weighted by molar-refractivity contribution is 1.20. The number of hydrogen-bond donors (Lipinski definition) is 1. The van der Waals surface area contributed by atoms with Gasteiger partial charge in [0.25, 0.3) is 0 Å². The van der Waals surface area contributed by atoms with E-state index in [0.29, 0.717) is 0 Å². The summed E-state index contributed by atoms with van der Waals surface area (Å²) in [4.78, 5) is 2.23. The van der Waals surface area contributed by atoms with Gasteiger partial charge in [-0.2, -0.15) is 0 Å². The van der Waals surface area contributed by atoms with E-state index in [1.807, 2.05) is 6.07 Å². The average molecular weight is 300 g/mol. The zero-order valence-electron chi connectivity index (χ0n) is 13.5. The first-order valence-electron chi connectivity index (χ1n) is 7.94. The first-order valence-corrected chi connectivity index (χ1v) is 7.94. The Labute approximate surface area is 137 Å². The van der Waals surface area contributed by atoms with Crippen LogP contribution in [0.1, 0.15) is 16.7 Å². The van der Waals surface area contributed by atoms with Crippen molar-refractivity contribution in [1.29, 1.82) is 0 Å². The van der Waals surface area contributed by atoms with E-state index in [1.165, 1.54) is 39.2 Å². The second-order valence-electron chi connectivity index (χ2n) is 6.33. The topological polar surface area (TPSA) is 29.3 Å². The Hall–Kier alpha value is -2.74. The average Bonchev–Trinajstić information content (AvgIpc) is 2.91. The Balaban J connectivity index is 1.74. The Kier molecular flexibility index (Phi) is 3.12. The first kappa shape index (κ1) is 13.9. The number of nitrogen functional groups attached to an aromatic ring is 1. The first-order chi connectivity index (χ1) is 11.1. The van der Waals surface area contributed by atoms with Crippen LogP contribution in [0, 0.1) is 6.92 Å². The van der Waals surface area contributed by atoms with Gasteiger partial charge in [-0.15, -0.1) is 0 Å². The molecule has 0 fully saturated rings. The van der Waals surface area contributed by atoms with Crippen LogP contribution in [0.3, 0.4) is 0 Å². The summed E-state index contributed by atoms with van der Waals surface area (Å²) in [6.07, 6.45) is 0.976. The smallest absolute Gasteiger partial charge is 0.0414 e. The van der Waals surface area contributed by atoms with Gasteiger partial charge in [0.2, 0.25) is 0 Å². The highest BCUT2D eigenvalue weighted by molar-refractivity contribution is 5.82. The molecule has 3 aromatic carbocycles. The maximum Gasteiger partial charge on any atom is 0.0414 e. The molecule has 2 N–H and O–H groups in total. The van der Waals surface area contributed by atoms with Crippen LogP contribution in [-0.2, 0) is 6.42 Å². The van der Waals surface area contributed by atoms with E-state index in [-0.39, 0.29) is 0 Å². The highest BCUT2D eigenvalue weighted by Crippen LogP contribution is 2.40. The Morgan fingerprint density at radius 1 is 0.783 bits per heavy atom. The van der Waals surface area contributed by atoms with Crippen LogP contribution in [0.4, 0.5) is 17.1 Å². The maximum atomic E-state index is 5.92. The lowest BCUT2D eigenvalue weighted by Gasteiger charge is -2.20. The number of fused-ring (bicyclic) bond motifs is 3. The van der Waals surface area contributed by atoms with Gasteiger partial charge < -0.3 is 10.6 Å². The summed E-state index contributed by atoms with van der Waals surface area (Å²) in [5.41, 5.74) is 15.8. The van der Waals surface area contributed by atoms with Gasteiger partial charge in [-0.3, -0.25) is 0 Å². The Bertz CT molecular complexity index is 879. The van der Waals surface area contributed by atoms with Crippen molar-refractivity contribution >= 4 is 17.1 Å². The van der Waals surface area contributed by atoms with Gasteiger partial charge in [0.05, 0.1) is 0 Å². The monoisotopic (exact) mass is 300 g/mol.